The minimum absolute atomic E-state index is 0.101. The Labute approximate surface area is 97.5 Å². The number of benzene rings is 1. The van der Waals surface area contributed by atoms with E-state index in [1.807, 2.05) is 6.07 Å². The van der Waals surface area contributed by atoms with Crippen LogP contribution in [0.3, 0.4) is 0 Å². The van der Waals surface area contributed by atoms with Gasteiger partial charge in [-0.2, -0.15) is 0 Å². The third-order valence-electron chi connectivity index (χ3n) is 2.68. The highest BCUT2D eigenvalue weighted by atomic mass is 79.9. The first-order chi connectivity index (χ1) is 7.20. The zero-order valence-electron chi connectivity index (χ0n) is 8.29. The monoisotopic (exact) mass is 265 g/mol. The molecule has 0 aromatic heterocycles. The number of rotatable bonds is 2. The number of fused-ring (bicyclic) bond motifs is 1. The van der Waals surface area contributed by atoms with Gasteiger partial charge < -0.3 is 5.32 Å². The molecule has 2 nitrogen and oxygen atoms in total. The summed E-state index contributed by atoms with van der Waals surface area (Å²) in [6.45, 7) is 3.45. The average molecular weight is 266 g/mol. The molecule has 0 heterocycles. The van der Waals surface area contributed by atoms with Crippen molar-refractivity contribution in [2.24, 2.45) is 0 Å². The van der Waals surface area contributed by atoms with Crippen LogP contribution in [0.15, 0.2) is 35.3 Å². The van der Waals surface area contributed by atoms with Gasteiger partial charge in [0.15, 0.2) is 0 Å². The van der Waals surface area contributed by atoms with Crippen LogP contribution >= 0.6 is 15.9 Å². The minimum atomic E-state index is -0.101. The molecule has 0 fully saturated rings. The fourth-order valence-electron chi connectivity index (χ4n) is 1.97. The summed E-state index contributed by atoms with van der Waals surface area (Å²) in [4.78, 5) is 11.2. The minimum Gasteiger partial charge on any atom is -0.346 e. The number of amides is 1. The van der Waals surface area contributed by atoms with Crippen molar-refractivity contribution in [3.05, 3.63) is 46.5 Å². The lowest BCUT2D eigenvalue weighted by Crippen LogP contribution is -2.24. The Morgan fingerprint density at radius 3 is 3.13 bits per heavy atom. The normalized spacial score (nSPS) is 18.3. The lowest BCUT2D eigenvalue weighted by atomic mass is 10.1. The zero-order valence-corrected chi connectivity index (χ0v) is 9.88. The van der Waals surface area contributed by atoms with E-state index in [2.05, 4.69) is 40.0 Å². The molecular formula is C12H12BrNO. The Hall–Kier alpha value is -1.09. The predicted molar refractivity (Wildman–Crippen MR) is 63.5 cm³/mol. The first-order valence-electron chi connectivity index (χ1n) is 4.92. The van der Waals surface area contributed by atoms with E-state index >= 15 is 0 Å². The van der Waals surface area contributed by atoms with Gasteiger partial charge in [0.1, 0.15) is 0 Å². The fourth-order valence-corrected chi connectivity index (χ4v) is 2.38. The molecule has 0 spiro atoms. The molecule has 0 aliphatic heterocycles. The second-order valence-corrected chi connectivity index (χ2v) is 4.56. The second kappa shape index (κ2) is 4.19. The van der Waals surface area contributed by atoms with E-state index in [9.17, 15) is 4.79 Å². The third-order valence-corrected chi connectivity index (χ3v) is 3.18. The summed E-state index contributed by atoms with van der Waals surface area (Å²) in [5, 5.41) is 2.93. The van der Waals surface area contributed by atoms with E-state index in [1.165, 1.54) is 17.2 Å². The molecule has 78 valence electrons. The van der Waals surface area contributed by atoms with Crippen LogP contribution in [0.2, 0.25) is 0 Å². The van der Waals surface area contributed by atoms with Crippen molar-refractivity contribution < 1.29 is 4.79 Å². The van der Waals surface area contributed by atoms with Crippen molar-refractivity contribution in [1.29, 1.82) is 0 Å². The summed E-state index contributed by atoms with van der Waals surface area (Å²) in [6, 6.07) is 6.35. The van der Waals surface area contributed by atoms with Crippen LogP contribution in [-0.4, -0.2) is 5.91 Å². The molecule has 0 saturated carbocycles. The number of hydrogen-bond donors (Lipinski definition) is 1. The van der Waals surface area contributed by atoms with Gasteiger partial charge in [0.05, 0.1) is 6.04 Å². The third kappa shape index (κ3) is 2.12. The summed E-state index contributed by atoms with van der Waals surface area (Å²) in [6.07, 6.45) is 3.32. The van der Waals surface area contributed by atoms with Gasteiger partial charge in [-0.05, 0) is 42.2 Å². The molecule has 1 amide bonds. The largest absolute Gasteiger partial charge is 0.346 e. The molecule has 15 heavy (non-hydrogen) atoms. The molecule has 0 saturated heterocycles. The molecule has 0 radical (unpaired) electrons. The molecule has 0 unspecified atom stereocenters. The van der Waals surface area contributed by atoms with Gasteiger partial charge in [-0.25, -0.2) is 0 Å². The standard InChI is InChI=1S/C12H12BrNO/c1-2-12(15)14-11-6-3-8-7-9(13)4-5-10(8)11/h2,4-5,7,11H,1,3,6H2,(H,14,15)/t11-/m0/s1. The van der Waals surface area contributed by atoms with Gasteiger partial charge in [0.25, 0.3) is 0 Å². The van der Waals surface area contributed by atoms with Crippen molar-refractivity contribution in [2.45, 2.75) is 18.9 Å². The molecule has 1 aliphatic carbocycles. The predicted octanol–water partition coefficient (Wildman–Crippen LogP) is 2.74. The van der Waals surface area contributed by atoms with Crippen molar-refractivity contribution in [1.82, 2.24) is 5.32 Å². The van der Waals surface area contributed by atoms with Gasteiger partial charge in [-0.3, -0.25) is 4.79 Å². The Morgan fingerprint density at radius 1 is 1.60 bits per heavy atom. The van der Waals surface area contributed by atoms with E-state index in [1.54, 1.807) is 0 Å². The lowest BCUT2D eigenvalue weighted by molar-refractivity contribution is -0.117. The van der Waals surface area contributed by atoms with Crippen molar-refractivity contribution in [3.63, 3.8) is 0 Å². The van der Waals surface area contributed by atoms with Crippen LogP contribution in [0.5, 0.6) is 0 Å². The first-order valence-corrected chi connectivity index (χ1v) is 5.71. The van der Waals surface area contributed by atoms with Crippen LogP contribution in [0, 0.1) is 0 Å². The Morgan fingerprint density at radius 2 is 2.40 bits per heavy atom. The van der Waals surface area contributed by atoms with Crippen LogP contribution in [0.25, 0.3) is 0 Å². The molecule has 3 heteroatoms. The highest BCUT2D eigenvalue weighted by molar-refractivity contribution is 9.10. The fraction of sp³-hybridized carbons (Fsp3) is 0.250. The lowest BCUT2D eigenvalue weighted by Gasteiger charge is -2.12. The van der Waals surface area contributed by atoms with Gasteiger partial charge in [-0.15, -0.1) is 0 Å². The first kappa shape index (κ1) is 10.4. The van der Waals surface area contributed by atoms with Gasteiger partial charge in [0, 0.05) is 4.47 Å². The maximum atomic E-state index is 11.2. The molecule has 1 aromatic carbocycles. The average Bonchev–Trinajstić information content (AvgIpc) is 2.60. The summed E-state index contributed by atoms with van der Waals surface area (Å²) in [5.41, 5.74) is 2.55. The maximum absolute atomic E-state index is 11.2. The highest BCUT2D eigenvalue weighted by Gasteiger charge is 2.22. The SMILES string of the molecule is C=CC(=O)N[C@H]1CCc2cc(Br)ccc21. The van der Waals surface area contributed by atoms with Crippen LogP contribution in [0.4, 0.5) is 0 Å². The van der Waals surface area contributed by atoms with Crippen molar-refractivity contribution in [2.75, 3.05) is 0 Å². The topological polar surface area (TPSA) is 29.1 Å². The highest BCUT2D eigenvalue weighted by Crippen LogP contribution is 2.32. The molecule has 1 N–H and O–H groups in total. The maximum Gasteiger partial charge on any atom is 0.243 e. The van der Waals surface area contributed by atoms with Crippen LogP contribution in [-0.2, 0) is 11.2 Å². The van der Waals surface area contributed by atoms with E-state index in [0.29, 0.717) is 0 Å². The van der Waals surface area contributed by atoms with Crippen molar-refractivity contribution in [3.8, 4) is 0 Å². The smallest absolute Gasteiger partial charge is 0.243 e. The molecule has 1 aliphatic rings. The van der Waals surface area contributed by atoms with Gasteiger partial charge in [-0.1, -0.05) is 28.6 Å². The Bertz CT molecular complexity index is 414. The van der Waals surface area contributed by atoms with E-state index in [4.69, 9.17) is 0 Å². The summed E-state index contributed by atoms with van der Waals surface area (Å²) in [7, 11) is 0. The van der Waals surface area contributed by atoms with E-state index in [0.717, 1.165) is 17.3 Å². The second-order valence-electron chi connectivity index (χ2n) is 3.65. The number of nitrogens with one attached hydrogen (secondary N) is 1. The number of hydrogen-bond acceptors (Lipinski definition) is 1. The van der Waals surface area contributed by atoms with Gasteiger partial charge in [0.2, 0.25) is 5.91 Å². The molecule has 1 atom stereocenters. The van der Waals surface area contributed by atoms with Crippen LogP contribution < -0.4 is 5.32 Å². The van der Waals surface area contributed by atoms with Crippen molar-refractivity contribution >= 4 is 21.8 Å². The zero-order chi connectivity index (χ0) is 10.8. The summed E-state index contributed by atoms with van der Waals surface area (Å²) >= 11 is 3.45. The Kier molecular flexibility index (Phi) is 2.91. The molecule has 0 bridgehead atoms. The number of aryl methyl sites for hydroxylation is 1. The molecule has 2 rings (SSSR count). The molecule has 1 aromatic rings. The number of carbonyl (C=O) groups is 1. The number of halogens is 1. The van der Waals surface area contributed by atoms with E-state index in [-0.39, 0.29) is 11.9 Å². The summed E-state index contributed by atoms with van der Waals surface area (Å²) in [5.74, 6) is -0.101. The van der Waals surface area contributed by atoms with Crippen LogP contribution in [0.1, 0.15) is 23.6 Å². The summed E-state index contributed by atoms with van der Waals surface area (Å²) < 4.78 is 1.09. The number of carbonyl (C=O) groups excluding carboxylic acids is 1. The molecular weight excluding hydrogens is 254 g/mol. The van der Waals surface area contributed by atoms with Gasteiger partial charge >= 0.3 is 0 Å². The Balaban J connectivity index is 2.21. The quantitative estimate of drug-likeness (QED) is 0.819. The van der Waals surface area contributed by atoms with E-state index < -0.39 is 0 Å².